The summed E-state index contributed by atoms with van der Waals surface area (Å²) in [7, 11) is 0. The number of hydrogen-bond donors (Lipinski definition) is 1. The maximum atomic E-state index is 12.5. The molecule has 1 aliphatic rings. The van der Waals surface area contributed by atoms with Crippen LogP contribution in [0.4, 0.5) is 5.69 Å². The molecule has 2 aromatic rings. The molecule has 1 atom stereocenters. The van der Waals surface area contributed by atoms with Crippen molar-refractivity contribution in [3.8, 4) is 5.75 Å². The Bertz CT molecular complexity index is 801. The van der Waals surface area contributed by atoms with Gasteiger partial charge < -0.3 is 10.1 Å². The second-order valence-corrected chi connectivity index (χ2v) is 6.44. The maximum Gasteiger partial charge on any atom is 0.270 e. The normalized spacial score (nSPS) is 18.2. The molecule has 0 aromatic heterocycles. The molecule has 0 spiro atoms. The lowest BCUT2D eigenvalue weighted by molar-refractivity contribution is -0.384. The van der Waals surface area contributed by atoms with Crippen molar-refractivity contribution in [1.82, 2.24) is 5.32 Å². The Morgan fingerprint density at radius 1 is 1.25 bits per heavy atom. The van der Waals surface area contributed by atoms with Gasteiger partial charge in [-0.3, -0.25) is 14.9 Å². The molecule has 6 heteroatoms. The number of nitro groups is 1. The van der Waals surface area contributed by atoms with Crippen molar-refractivity contribution in [2.45, 2.75) is 31.9 Å². The molecule has 0 saturated heterocycles. The Hall–Kier alpha value is -2.89. The summed E-state index contributed by atoms with van der Waals surface area (Å²) >= 11 is 0. The minimum absolute atomic E-state index is 0.102. The smallest absolute Gasteiger partial charge is 0.270 e. The van der Waals surface area contributed by atoms with E-state index in [1.54, 1.807) is 6.07 Å². The van der Waals surface area contributed by atoms with E-state index in [0.717, 1.165) is 11.3 Å². The van der Waals surface area contributed by atoms with Crippen LogP contribution >= 0.6 is 0 Å². The van der Waals surface area contributed by atoms with Gasteiger partial charge in [0.1, 0.15) is 11.4 Å². The van der Waals surface area contributed by atoms with Crippen molar-refractivity contribution >= 4 is 11.6 Å². The number of hydrogen-bond acceptors (Lipinski definition) is 4. The molecular formula is C18H18N2O4. The first-order valence-electron chi connectivity index (χ1n) is 7.69. The lowest BCUT2D eigenvalue weighted by atomic mass is 9.89. The van der Waals surface area contributed by atoms with Crippen LogP contribution in [0.3, 0.4) is 0 Å². The molecule has 0 aliphatic carbocycles. The molecule has 2 aromatic carbocycles. The van der Waals surface area contributed by atoms with Gasteiger partial charge in [0.25, 0.3) is 11.6 Å². The van der Waals surface area contributed by atoms with E-state index in [1.807, 2.05) is 38.1 Å². The quantitative estimate of drug-likeness (QED) is 0.690. The molecule has 124 valence electrons. The van der Waals surface area contributed by atoms with Gasteiger partial charge in [0.15, 0.2) is 0 Å². The van der Waals surface area contributed by atoms with E-state index in [9.17, 15) is 14.9 Å². The topological polar surface area (TPSA) is 81.5 Å². The lowest BCUT2D eigenvalue weighted by Crippen LogP contribution is -2.41. The minimum Gasteiger partial charge on any atom is -0.487 e. The summed E-state index contributed by atoms with van der Waals surface area (Å²) in [6.07, 6.45) is 0.616. The molecule has 0 radical (unpaired) electrons. The summed E-state index contributed by atoms with van der Waals surface area (Å²) in [5.74, 6) is 0.411. The molecule has 0 unspecified atom stereocenters. The van der Waals surface area contributed by atoms with Crippen LogP contribution in [0.15, 0.2) is 48.5 Å². The zero-order valence-corrected chi connectivity index (χ0v) is 13.5. The molecule has 3 rings (SSSR count). The fraction of sp³-hybridized carbons (Fsp3) is 0.278. The molecule has 1 N–H and O–H groups in total. The zero-order chi connectivity index (χ0) is 17.3. The Balaban J connectivity index is 1.86. The van der Waals surface area contributed by atoms with Crippen LogP contribution in [0.1, 0.15) is 42.2 Å². The predicted octanol–water partition coefficient (Wildman–Crippen LogP) is 3.63. The van der Waals surface area contributed by atoms with Crippen molar-refractivity contribution < 1.29 is 14.5 Å². The largest absolute Gasteiger partial charge is 0.487 e. The van der Waals surface area contributed by atoms with Crippen LogP contribution in [-0.2, 0) is 0 Å². The van der Waals surface area contributed by atoms with Gasteiger partial charge in [0.2, 0.25) is 0 Å². The number of rotatable bonds is 3. The number of non-ortho nitro benzene ring substituents is 1. The molecule has 0 fully saturated rings. The first-order chi connectivity index (χ1) is 11.4. The summed E-state index contributed by atoms with van der Waals surface area (Å²) in [6, 6.07) is 13.1. The number of nitrogens with zero attached hydrogens (tertiary/aromatic N) is 1. The van der Waals surface area contributed by atoms with Gasteiger partial charge in [0, 0.05) is 29.7 Å². The third-order valence-electron chi connectivity index (χ3n) is 4.00. The summed E-state index contributed by atoms with van der Waals surface area (Å²) in [5.41, 5.74) is 0.673. The van der Waals surface area contributed by atoms with Crippen molar-refractivity contribution in [2.75, 3.05) is 0 Å². The van der Waals surface area contributed by atoms with E-state index in [-0.39, 0.29) is 23.2 Å². The number of nitro benzene ring substituents is 1. The van der Waals surface area contributed by atoms with Crippen LogP contribution in [0, 0.1) is 10.1 Å². The predicted molar refractivity (Wildman–Crippen MR) is 89.1 cm³/mol. The van der Waals surface area contributed by atoms with Gasteiger partial charge in [-0.15, -0.1) is 0 Å². The van der Waals surface area contributed by atoms with E-state index < -0.39 is 10.5 Å². The second kappa shape index (κ2) is 5.96. The molecule has 0 bridgehead atoms. The highest BCUT2D eigenvalue weighted by molar-refractivity contribution is 5.95. The lowest BCUT2D eigenvalue weighted by Gasteiger charge is -2.37. The van der Waals surface area contributed by atoms with Crippen LogP contribution < -0.4 is 10.1 Å². The Morgan fingerprint density at radius 2 is 2.00 bits per heavy atom. The Kier molecular flexibility index (Phi) is 3.97. The van der Waals surface area contributed by atoms with Gasteiger partial charge in [-0.2, -0.15) is 0 Å². The number of nitrogens with one attached hydrogen (secondary N) is 1. The number of para-hydroxylation sites is 1. The average molecular weight is 326 g/mol. The summed E-state index contributed by atoms with van der Waals surface area (Å²) in [5, 5.41) is 13.8. The number of carbonyl (C=O) groups excluding carboxylic acids is 1. The van der Waals surface area contributed by atoms with E-state index in [0.29, 0.717) is 6.42 Å². The number of carbonyl (C=O) groups is 1. The third kappa shape index (κ3) is 3.22. The molecule has 1 aliphatic heterocycles. The Labute approximate surface area is 139 Å². The third-order valence-corrected chi connectivity index (χ3v) is 4.00. The van der Waals surface area contributed by atoms with E-state index in [4.69, 9.17) is 4.74 Å². The average Bonchev–Trinajstić information content (AvgIpc) is 2.54. The van der Waals surface area contributed by atoms with Gasteiger partial charge in [-0.1, -0.05) is 24.3 Å². The van der Waals surface area contributed by atoms with Crippen molar-refractivity contribution in [3.63, 3.8) is 0 Å². The fourth-order valence-corrected chi connectivity index (χ4v) is 2.93. The monoisotopic (exact) mass is 326 g/mol. The van der Waals surface area contributed by atoms with Gasteiger partial charge in [-0.05, 0) is 26.0 Å². The SMILES string of the molecule is CC1(C)C[C@@H](NC(=O)c2cccc([N+](=O)[O-])c2)c2ccccc2O1. The van der Waals surface area contributed by atoms with E-state index in [2.05, 4.69) is 5.32 Å². The molecular weight excluding hydrogens is 308 g/mol. The number of benzene rings is 2. The van der Waals surface area contributed by atoms with E-state index >= 15 is 0 Å². The van der Waals surface area contributed by atoms with Gasteiger partial charge >= 0.3 is 0 Å². The Morgan fingerprint density at radius 3 is 2.75 bits per heavy atom. The first kappa shape index (κ1) is 16.0. The molecule has 1 amide bonds. The van der Waals surface area contributed by atoms with Crippen LogP contribution in [0.2, 0.25) is 0 Å². The van der Waals surface area contributed by atoms with Crippen LogP contribution in [-0.4, -0.2) is 16.4 Å². The zero-order valence-electron chi connectivity index (χ0n) is 13.5. The first-order valence-corrected chi connectivity index (χ1v) is 7.69. The van der Waals surface area contributed by atoms with E-state index in [1.165, 1.54) is 18.2 Å². The summed E-state index contributed by atoms with van der Waals surface area (Å²) in [4.78, 5) is 22.9. The standard InChI is InChI=1S/C18H18N2O4/c1-18(2)11-15(14-8-3-4-9-16(14)24-18)19-17(21)12-6-5-7-13(10-12)20(22)23/h3-10,15H,11H2,1-2H3,(H,19,21)/t15-/m1/s1. The van der Waals surface area contributed by atoms with Crippen molar-refractivity contribution in [1.29, 1.82) is 0 Å². The molecule has 1 heterocycles. The molecule has 24 heavy (non-hydrogen) atoms. The molecule has 0 saturated carbocycles. The van der Waals surface area contributed by atoms with Crippen molar-refractivity contribution in [3.05, 3.63) is 69.8 Å². The van der Waals surface area contributed by atoms with Crippen molar-refractivity contribution in [2.24, 2.45) is 0 Å². The van der Waals surface area contributed by atoms with Gasteiger partial charge in [-0.25, -0.2) is 0 Å². The van der Waals surface area contributed by atoms with Crippen LogP contribution in [0.5, 0.6) is 5.75 Å². The number of amides is 1. The maximum absolute atomic E-state index is 12.5. The fourth-order valence-electron chi connectivity index (χ4n) is 2.93. The summed E-state index contributed by atoms with van der Waals surface area (Å²) < 4.78 is 5.95. The highest BCUT2D eigenvalue weighted by Crippen LogP contribution is 2.39. The number of fused-ring (bicyclic) bond motifs is 1. The van der Waals surface area contributed by atoms with Gasteiger partial charge in [0.05, 0.1) is 11.0 Å². The summed E-state index contributed by atoms with van der Waals surface area (Å²) in [6.45, 7) is 3.94. The second-order valence-electron chi connectivity index (χ2n) is 6.44. The highest BCUT2D eigenvalue weighted by atomic mass is 16.6. The van der Waals surface area contributed by atoms with Crippen LogP contribution in [0.25, 0.3) is 0 Å². The number of ether oxygens (including phenoxy) is 1. The highest BCUT2D eigenvalue weighted by Gasteiger charge is 2.34. The minimum atomic E-state index is -0.510. The molecule has 6 nitrogen and oxygen atoms in total.